The lowest BCUT2D eigenvalue weighted by Crippen LogP contribution is -2.35. The lowest BCUT2D eigenvalue weighted by molar-refractivity contribution is -0.385. The Bertz CT molecular complexity index is 804. The maximum atomic E-state index is 12.3. The molecule has 126 valence electrons. The Labute approximate surface area is 144 Å². The number of benzene rings is 1. The number of hydrogen-bond acceptors (Lipinski definition) is 6. The fourth-order valence-electron chi connectivity index (χ4n) is 1.90. The number of nitrogens with zero attached hydrogens (tertiary/aromatic N) is 3. The topological polar surface area (TPSA) is 119 Å². The van der Waals surface area contributed by atoms with E-state index in [4.69, 9.17) is 4.52 Å². The van der Waals surface area contributed by atoms with Crippen molar-refractivity contribution in [2.24, 2.45) is 0 Å². The predicted molar refractivity (Wildman–Crippen MR) is 87.6 cm³/mol. The largest absolute Gasteiger partial charge is 0.360 e. The third-order valence-corrected chi connectivity index (χ3v) is 3.68. The average Bonchev–Trinajstić information content (AvgIpc) is 2.91. The average molecular weight is 397 g/mol. The molecule has 0 aliphatic rings. The second-order valence-corrected chi connectivity index (χ2v) is 5.81. The zero-order valence-electron chi connectivity index (χ0n) is 12.8. The number of carbonyl (C=O) groups excluding carboxylic acids is 2. The van der Waals surface area contributed by atoms with Crippen LogP contribution in [-0.4, -0.2) is 40.4 Å². The summed E-state index contributed by atoms with van der Waals surface area (Å²) in [6.07, 6.45) is 0. The van der Waals surface area contributed by atoms with E-state index in [-0.39, 0.29) is 28.1 Å². The molecule has 0 aliphatic carbocycles. The van der Waals surface area contributed by atoms with Gasteiger partial charge < -0.3 is 14.7 Å². The van der Waals surface area contributed by atoms with Crippen LogP contribution < -0.4 is 5.32 Å². The molecule has 1 aromatic carbocycles. The monoisotopic (exact) mass is 396 g/mol. The lowest BCUT2D eigenvalue weighted by Gasteiger charge is -2.16. The third-order valence-electron chi connectivity index (χ3n) is 3.01. The molecule has 0 aliphatic heterocycles. The number of anilines is 1. The van der Waals surface area contributed by atoms with E-state index < -0.39 is 16.7 Å². The van der Waals surface area contributed by atoms with E-state index in [1.54, 1.807) is 6.92 Å². The van der Waals surface area contributed by atoms with Gasteiger partial charge in [-0.1, -0.05) is 5.16 Å². The van der Waals surface area contributed by atoms with Gasteiger partial charge in [0.05, 0.1) is 15.9 Å². The number of halogens is 1. The number of nitro groups is 1. The van der Waals surface area contributed by atoms with Crippen LogP contribution in [0.25, 0.3) is 0 Å². The second-order valence-electron chi connectivity index (χ2n) is 4.96. The molecule has 0 spiro atoms. The number of nitrogens with one attached hydrogen (secondary N) is 1. The number of hydrogen-bond donors (Lipinski definition) is 1. The fraction of sp³-hybridized carbons (Fsp3) is 0.214. The van der Waals surface area contributed by atoms with Crippen molar-refractivity contribution in [3.63, 3.8) is 0 Å². The molecule has 1 N–H and O–H groups in total. The number of aromatic nitrogens is 1. The highest BCUT2D eigenvalue weighted by atomic mass is 79.9. The van der Waals surface area contributed by atoms with Crippen LogP contribution in [0.5, 0.6) is 0 Å². The van der Waals surface area contributed by atoms with Crippen molar-refractivity contribution in [2.75, 3.05) is 18.9 Å². The molecule has 0 bridgehead atoms. The number of nitro benzene ring substituents is 1. The van der Waals surface area contributed by atoms with Crippen LogP contribution >= 0.6 is 15.9 Å². The molecule has 24 heavy (non-hydrogen) atoms. The maximum Gasteiger partial charge on any atom is 0.284 e. The zero-order chi connectivity index (χ0) is 17.9. The lowest BCUT2D eigenvalue weighted by atomic mass is 10.2. The third kappa shape index (κ3) is 4.16. The van der Waals surface area contributed by atoms with Crippen LogP contribution in [-0.2, 0) is 4.79 Å². The van der Waals surface area contributed by atoms with Gasteiger partial charge in [-0.3, -0.25) is 19.7 Å². The second kappa shape index (κ2) is 7.21. The molecular weight excluding hydrogens is 384 g/mol. The standard InChI is InChI=1S/C14H13BrN4O5/c1-8-5-12(17-24-8)16-13(20)7-18(2)14(21)9-3-4-10(15)11(6-9)19(22)23/h3-6H,7H2,1-2H3,(H,16,17,20). The summed E-state index contributed by atoms with van der Waals surface area (Å²) in [7, 11) is 1.42. The fourth-order valence-corrected chi connectivity index (χ4v) is 2.29. The summed E-state index contributed by atoms with van der Waals surface area (Å²) in [5.74, 6) is -0.197. The first-order valence-corrected chi connectivity index (χ1v) is 7.50. The molecule has 0 fully saturated rings. The van der Waals surface area contributed by atoms with Crippen molar-refractivity contribution in [2.45, 2.75) is 6.92 Å². The normalized spacial score (nSPS) is 10.3. The smallest absolute Gasteiger partial charge is 0.284 e. The molecule has 9 nitrogen and oxygen atoms in total. The van der Waals surface area contributed by atoms with E-state index in [9.17, 15) is 19.7 Å². The highest BCUT2D eigenvalue weighted by molar-refractivity contribution is 9.10. The van der Waals surface area contributed by atoms with Gasteiger partial charge in [0.1, 0.15) is 5.76 Å². The maximum absolute atomic E-state index is 12.3. The van der Waals surface area contributed by atoms with Crippen LogP contribution in [0.3, 0.4) is 0 Å². The Balaban J connectivity index is 2.05. The molecule has 0 saturated heterocycles. The van der Waals surface area contributed by atoms with Crippen LogP contribution in [0.1, 0.15) is 16.1 Å². The minimum absolute atomic E-state index is 0.109. The minimum Gasteiger partial charge on any atom is -0.360 e. The summed E-state index contributed by atoms with van der Waals surface area (Å²) in [5, 5.41) is 17.0. The van der Waals surface area contributed by atoms with E-state index in [0.29, 0.717) is 5.76 Å². The molecule has 0 saturated carbocycles. The molecule has 2 rings (SSSR count). The summed E-state index contributed by atoms with van der Waals surface area (Å²) < 4.78 is 5.09. The Morgan fingerprint density at radius 2 is 2.12 bits per heavy atom. The van der Waals surface area contributed by atoms with Gasteiger partial charge in [-0.2, -0.15) is 0 Å². The first kappa shape index (κ1) is 17.6. The van der Waals surface area contributed by atoms with E-state index in [0.717, 1.165) is 11.0 Å². The number of likely N-dealkylation sites (N-methyl/N-ethyl adjacent to an activating group) is 1. The van der Waals surface area contributed by atoms with E-state index in [2.05, 4.69) is 26.4 Å². The van der Waals surface area contributed by atoms with Crippen molar-refractivity contribution >= 4 is 39.2 Å². The van der Waals surface area contributed by atoms with Gasteiger partial charge in [-0.15, -0.1) is 0 Å². The summed E-state index contributed by atoms with van der Waals surface area (Å²) in [5.41, 5.74) is -0.116. The number of rotatable bonds is 5. The molecule has 0 unspecified atom stereocenters. The highest BCUT2D eigenvalue weighted by Gasteiger charge is 2.20. The van der Waals surface area contributed by atoms with Crippen LogP contribution in [0.2, 0.25) is 0 Å². The van der Waals surface area contributed by atoms with Crippen molar-refractivity contribution < 1.29 is 19.0 Å². The molecule has 2 aromatic rings. The summed E-state index contributed by atoms with van der Waals surface area (Å²) >= 11 is 3.05. The molecule has 0 atom stereocenters. The minimum atomic E-state index is -0.597. The van der Waals surface area contributed by atoms with Gasteiger partial charge in [-0.25, -0.2) is 0 Å². The van der Waals surface area contributed by atoms with Gasteiger partial charge >= 0.3 is 0 Å². The SMILES string of the molecule is Cc1cc(NC(=O)CN(C)C(=O)c2ccc(Br)c([N+](=O)[O-])c2)no1. The first-order chi connectivity index (χ1) is 11.3. The van der Waals surface area contributed by atoms with Crippen molar-refractivity contribution in [1.82, 2.24) is 10.1 Å². The van der Waals surface area contributed by atoms with Crippen LogP contribution in [0.15, 0.2) is 33.3 Å². The van der Waals surface area contributed by atoms with Gasteiger partial charge in [-0.05, 0) is 35.0 Å². The van der Waals surface area contributed by atoms with E-state index >= 15 is 0 Å². The van der Waals surface area contributed by atoms with Gasteiger partial charge in [0.15, 0.2) is 5.82 Å². The van der Waals surface area contributed by atoms with Gasteiger partial charge in [0, 0.05) is 24.7 Å². The Morgan fingerprint density at radius 1 is 1.42 bits per heavy atom. The summed E-state index contributed by atoms with van der Waals surface area (Å²) in [6.45, 7) is 1.44. The molecule has 1 heterocycles. The zero-order valence-corrected chi connectivity index (χ0v) is 14.4. The summed E-state index contributed by atoms with van der Waals surface area (Å²) in [6, 6.07) is 5.55. The van der Waals surface area contributed by atoms with Crippen LogP contribution in [0.4, 0.5) is 11.5 Å². The van der Waals surface area contributed by atoms with Gasteiger partial charge in [0.2, 0.25) is 5.91 Å². The molecule has 1 aromatic heterocycles. The van der Waals surface area contributed by atoms with Crippen molar-refractivity contribution in [1.29, 1.82) is 0 Å². The quantitative estimate of drug-likeness (QED) is 0.611. The number of aryl methyl sites for hydroxylation is 1. The number of amides is 2. The van der Waals surface area contributed by atoms with Crippen LogP contribution in [0, 0.1) is 17.0 Å². The van der Waals surface area contributed by atoms with Crippen molar-refractivity contribution in [3.05, 3.63) is 50.2 Å². The summed E-state index contributed by atoms with van der Waals surface area (Å²) in [4.78, 5) is 35.7. The predicted octanol–water partition coefficient (Wildman–Crippen LogP) is 2.36. The highest BCUT2D eigenvalue weighted by Crippen LogP contribution is 2.26. The molecule has 10 heteroatoms. The Kier molecular flexibility index (Phi) is 5.29. The van der Waals surface area contributed by atoms with E-state index in [1.165, 1.54) is 25.2 Å². The Hall–Kier alpha value is -2.75. The number of carbonyl (C=O) groups is 2. The molecule has 2 amide bonds. The first-order valence-electron chi connectivity index (χ1n) is 6.70. The molecule has 0 radical (unpaired) electrons. The molecular formula is C14H13BrN4O5. The van der Waals surface area contributed by atoms with Gasteiger partial charge in [0.25, 0.3) is 11.6 Å². The van der Waals surface area contributed by atoms with E-state index in [1.807, 2.05) is 0 Å². The van der Waals surface area contributed by atoms with Crippen molar-refractivity contribution in [3.8, 4) is 0 Å². The Morgan fingerprint density at radius 3 is 2.71 bits per heavy atom.